The Morgan fingerprint density at radius 2 is 1.76 bits per heavy atom. The number of anilines is 1. The lowest BCUT2D eigenvalue weighted by Crippen LogP contribution is -2.27. The third kappa shape index (κ3) is 7.60. The number of carbonyl (C=O) groups excluding carboxylic acids is 2. The highest BCUT2D eigenvalue weighted by atomic mass is 79.9. The summed E-state index contributed by atoms with van der Waals surface area (Å²) in [6.07, 6.45) is 1.70. The van der Waals surface area contributed by atoms with Crippen molar-refractivity contribution in [3.63, 3.8) is 0 Å². The topological polar surface area (TPSA) is 104 Å². The van der Waals surface area contributed by atoms with Crippen LogP contribution in [0.4, 0.5) is 5.69 Å². The lowest BCUT2D eigenvalue weighted by Gasteiger charge is -2.10. The maximum Gasteiger partial charge on any atom is 0.251 e. The quantitative estimate of drug-likeness (QED) is 0.452. The van der Waals surface area contributed by atoms with E-state index >= 15 is 0 Å². The first-order chi connectivity index (χ1) is 13.8. The van der Waals surface area contributed by atoms with Crippen molar-refractivity contribution in [1.29, 1.82) is 0 Å². The molecule has 0 aromatic heterocycles. The molecule has 2 amide bonds. The lowest BCUT2D eigenvalue weighted by atomic mass is 10.2. The van der Waals surface area contributed by atoms with E-state index in [4.69, 9.17) is 0 Å². The van der Waals surface area contributed by atoms with Gasteiger partial charge in [-0.3, -0.25) is 9.59 Å². The molecular weight excluding hydrogens is 458 g/mol. The second-order valence-electron chi connectivity index (χ2n) is 6.34. The van der Waals surface area contributed by atoms with Gasteiger partial charge in [-0.05, 0) is 48.9 Å². The highest BCUT2D eigenvalue weighted by molar-refractivity contribution is 9.10. The standard InChI is InChI=1S/C20H24BrN3O4S/c1-2-3-12-23-29(27,28)18-6-4-5-17(14-18)24-19(25)11-13-22-20(26)15-7-9-16(21)10-8-15/h4-10,14,23H,2-3,11-13H2,1H3,(H,22,26)(H,24,25). The largest absolute Gasteiger partial charge is 0.352 e. The molecule has 2 rings (SSSR count). The summed E-state index contributed by atoms with van der Waals surface area (Å²) in [6.45, 7) is 2.51. The average Bonchev–Trinajstić information content (AvgIpc) is 2.68. The molecule has 0 aliphatic heterocycles. The Morgan fingerprint density at radius 1 is 1.03 bits per heavy atom. The second-order valence-corrected chi connectivity index (χ2v) is 9.02. The van der Waals surface area contributed by atoms with Crippen LogP contribution in [0.1, 0.15) is 36.5 Å². The summed E-state index contributed by atoms with van der Waals surface area (Å²) in [7, 11) is -3.61. The van der Waals surface area contributed by atoms with Crippen LogP contribution < -0.4 is 15.4 Å². The van der Waals surface area contributed by atoms with Crippen molar-refractivity contribution in [2.24, 2.45) is 0 Å². The van der Waals surface area contributed by atoms with Crippen molar-refractivity contribution in [1.82, 2.24) is 10.0 Å². The zero-order valence-corrected chi connectivity index (χ0v) is 18.5. The molecule has 9 heteroatoms. The van der Waals surface area contributed by atoms with Crippen molar-refractivity contribution in [2.75, 3.05) is 18.4 Å². The van der Waals surface area contributed by atoms with E-state index in [2.05, 4.69) is 31.3 Å². The first-order valence-corrected chi connectivity index (χ1v) is 11.5. The molecule has 3 N–H and O–H groups in total. The van der Waals surface area contributed by atoms with Gasteiger partial charge in [-0.25, -0.2) is 13.1 Å². The Labute approximate surface area is 179 Å². The molecule has 7 nitrogen and oxygen atoms in total. The number of sulfonamides is 1. The summed E-state index contributed by atoms with van der Waals surface area (Å²) >= 11 is 3.30. The van der Waals surface area contributed by atoms with Crippen LogP contribution in [-0.2, 0) is 14.8 Å². The van der Waals surface area contributed by atoms with E-state index in [9.17, 15) is 18.0 Å². The summed E-state index contributed by atoms with van der Waals surface area (Å²) in [5.41, 5.74) is 0.884. The van der Waals surface area contributed by atoms with Gasteiger partial charge in [0.25, 0.3) is 5.91 Å². The molecule has 0 atom stereocenters. The Hall–Kier alpha value is -2.23. The van der Waals surface area contributed by atoms with Crippen LogP contribution in [0.15, 0.2) is 57.9 Å². The van der Waals surface area contributed by atoms with Crippen molar-refractivity contribution in [3.05, 3.63) is 58.6 Å². The zero-order chi connectivity index (χ0) is 21.3. The van der Waals surface area contributed by atoms with E-state index in [1.54, 1.807) is 36.4 Å². The van der Waals surface area contributed by atoms with E-state index < -0.39 is 10.0 Å². The summed E-state index contributed by atoms with van der Waals surface area (Å²) in [5.74, 6) is -0.592. The van der Waals surface area contributed by atoms with Crippen LogP contribution in [-0.4, -0.2) is 33.3 Å². The van der Waals surface area contributed by atoms with Gasteiger partial charge in [0.1, 0.15) is 0 Å². The van der Waals surface area contributed by atoms with Gasteiger partial charge in [-0.15, -0.1) is 0 Å². The molecule has 0 saturated carbocycles. The molecule has 0 bridgehead atoms. The normalized spacial score (nSPS) is 11.1. The van der Waals surface area contributed by atoms with Gasteiger partial charge in [0.15, 0.2) is 0 Å². The Morgan fingerprint density at radius 3 is 2.45 bits per heavy atom. The Kier molecular flexibility index (Phi) is 8.81. The molecule has 0 spiro atoms. The number of halogens is 1. The van der Waals surface area contributed by atoms with E-state index in [0.29, 0.717) is 17.8 Å². The molecule has 0 aliphatic rings. The first kappa shape index (κ1) is 23.1. The van der Waals surface area contributed by atoms with Gasteiger partial charge in [0.2, 0.25) is 15.9 Å². The smallest absolute Gasteiger partial charge is 0.251 e. The minimum atomic E-state index is -3.61. The molecule has 156 valence electrons. The molecule has 2 aromatic carbocycles. The van der Waals surface area contributed by atoms with E-state index in [0.717, 1.165) is 17.3 Å². The maximum absolute atomic E-state index is 12.3. The minimum Gasteiger partial charge on any atom is -0.352 e. The number of hydrogen-bond acceptors (Lipinski definition) is 4. The summed E-state index contributed by atoms with van der Waals surface area (Å²) < 4.78 is 28.0. The number of carbonyl (C=O) groups is 2. The third-order valence-corrected chi connectivity index (χ3v) is 5.98. The maximum atomic E-state index is 12.3. The lowest BCUT2D eigenvalue weighted by molar-refractivity contribution is -0.116. The SMILES string of the molecule is CCCCNS(=O)(=O)c1cccc(NC(=O)CCNC(=O)c2ccc(Br)cc2)c1. The van der Waals surface area contributed by atoms with Gasteiger partial charge in [0.05, 0.1) is 4.90 Å². The third-order valence-electron chi connectivity index (χ3n) is 3.99. The van der Waals surface area contributed by atoms with Crippen LogP contribution in [0.5, 0.6) is 0 Å². The number of hydrogen-bond donors (Lipinski definition) is 3. The fraction of sp³-hybridized carbons (Fsp3) is 0.300. The average molecular weight is 482 g/mol. The molecule has 0 unspecified atom stereocenters. The predicted octanol–water partition coefficient (Wildman–Crippen LogP) is 3.29. The first-order valence-electron chi connectivity index (χ1n) is 9.25. The number of benzene rings is 2. The Balaban J connectivity index is 1.86. The van der Waals surface area contributed by atoms with Gasteiger partial charge in [-0.1, -0.05) is 35.3 Å². The van der Waals surface area contributed by atoms with E-state index in [1.165, 1.54) is 12.1 Å². The zero-order valence-electron chi connectivity index (χ0n) is 16.1. The fourth-order valence-electron chi connectivity index (χ4n) is 2.42. The molecule has 0 heterocycles. The van der Waals surface area contributed by atoms with Crippen LogP contribution in [0.25, 0.3) is 0 Å². The second kappa shape index (κ2) is 11.1. The summed E-state index contributed by atoms with van der Waals surface area (Å²) in [4.78, 5) is 24.2. The number of unbranched alkanes of at least 4 members (excludes halogenated alkanes) is 1. The van der Waals surface area contributed by atoms with Crippen LogP contribution in [0, 0.1) is 0 Å². The van der Waals surface area contributed by atoms with E-state index in [1.807, 2.05) is 6.92 Å². The number of nitrogens with one attached hydrogen (secondary N) is 3. The minimum absolute atomic E-state index is 0.0635. The van der Waals surface area contributed by atoms with Crippen molar-refractivity contribution >= 4 is 43.5 Å². The molecule has 0 aliphatic carbocycles. The Bertz CT molecular complexity index is 946. The highest BCUT2D eigenvalue weighted by Crippen LogP contribution is 2.16. The highest BCUT2D eigenvalue weighted by Gasteiger charge is 2.14. The van der Waals surface area contributed by atoms with E-state index in [-0.39, 0.29) is 29.7 Å². The van der Waals surface area contributed by atoms with Gasteiger partial charge in [0, 0.05) is 35.2 Å². The molecule has 2 aromatic rings. The molecular formula is C20H24BrN3O4S. The van der Waals surface area contributed by atoms with Gasteiger partial charge < -0.3 is 10.6 Å². The predicted molar refractivity (Wildman–Crippen MR) is 116 cm³/mol. The van der Waals surface area contributed by atoms with Gasteiger partial charge >= 0.3 is 0 Å². The monoisotopic (exact) mass is 481 g/mol. The van der Waals surface area contributed by atoms with Crippen LogP contribution >= 0.6 is 15.9 Å². The molecule has 0 saturated heterocycles. The summed E-state index contributed by atoms with van der Waals surface area (Å²) in [5, 5.41) is 5.33. The molecule has 29 heavy (non-hydrogen) atoms. The van der Waals surface area contributed by atoms with Crippen molar-refractivity contribution in [2.45, 2.75) is 31.1 Å². The fourth-order valence-corrected chi connectivity index (χ4v) is 3.81. The van der Waals surface area contributed by atoms with Gasteiger partial charge in [-0.2, -0.15) is 0 Å². The van der Waals surface area contributed by atoms with Crippen LogP contribution in [0.3, 0.4) is 0 Å². The number of amides is 2. The van der Waals surface area contributed by atoms with Crippen molar-refractivity contribution in [3.8, 4) is 0 Å². The summed E-state index contributed by atoms with van der Waals surface area (Å²) in [6, 6.07) is 13.0. The molecule has 0 radical (unpaired) electrons. The molecule has 0 fully saturated rings. The number of rotatable bonds is 10. The van der Waals surface area contributed by atoms with Crippen molar-refractivity contribution < 1.29 is 18.0 Å². The van der Waals surface area contributed by atoms with Crippen LogP contribution in [0.2, 0.25) is 0 Å².